The van der Waals surface area contributed by atoms with Crippen LogP contribution in [0.15, 0.2) is 30.3 Å². The third-order valence-corrected chi connectivity index (χ3v) is 3.64. The Morgan fingerprint density at radius 3 is 2.35 bits per heavy atom. The second kappa shape index (κ2) is 5.19. The Kier molecular flexibility index (Phi) is 3.64. The first-order valence-electron chi connectivity index (χ1n) is 6.41. The summed E-state index contributed by atoms with van der Waals surface area (Å²) >= 11 is 0. The highest BCUT2D eigenvalue weighted by Gasteiger charge is 2.28. The van der Waals surface area contributed by atoms with Crippen molar-refractivity contribution in [2.24, 2.45) is 5.41 Å². The molecule has 0 amide bonds. The zero-order valence-electron chi connectivity index (χ0n) is 10.4. The molecule has 0 N–H and O–H groups in total. The van der Waals surface area contributed by atoms with E-state index in [1.54, 1.807) is 0 Å². The fourth-order valence-electron chi connectivity index (χ4n) is 2.43. The van der Waals surface area contributed by atoms with Gasteiger partial charge in [-0.25, -0.2) is 0 Å². The molecular formula is C16H19N. The molecule has 1 aromatic carbocycles. The third kappa shape index (κ3) is 2.97. The van der Waals surface area contributed by atoms with Crippen LogP contribution in [-0.4, -0.2) is 0 Å². The molecule has 0 saturated heterocycles. The Labute approximate surface area is 104 Å². The topological polar surface area (TPSA) is 23.8 Å². The van der Waals surface area contributed by atoms with E-state index in [0.717, 1.165) is 12.8 Å². The number of rotatable bonds is 2. The van der Waals surface area contributed by atoms with Gasteiger partial charge in [0.1, 0.15) is 0 Å². The van der Waals surface area contributed by atoms with Crippen LogP contribution in [0.2, 0.25) is 0 Å². The van der Waals surface area contributed by atoms with E-state index in [9.17, 15) is 5.26 Å². The number of benzene rings is 1. The molecule has 1 aromatic rings. The summed E-state index contributed by atoms with van der Waals surface area (Å²) in [6.07, 6.45) is 9.92. The summed E-state index contributed by atoms with van der Waals surface area (Å²) in [5.74, 6) is 0. The summed E-state index contributed by atoms with van der Waals surface area (Å²) in [6.45, 7) is 2.09. The minimum Gasteiger partial charge on any atom is -0.197 e. The van der Waals surface area contributed by atoms with Gasteiger partial charge in [0.05, 0.1) is 11.5 Å². The maximum absolute atomic E-state index is 9.36. The molecule has 17 heavy (non-hydrogen) atoms. The largest absolute Gasteiger partial charge is 0.197 e. The average Bonchev–Trinajstić information content (AvgIpc) is 2.39. The van der Waals surface area contributed by atoms with Crippen molar-refractivity contribution in [3.8, 4) is 6.07 Å². The number of aryl methyl sites for hydroxylation is 1. The summed E-state index contributed by atoms with van der Waals surface area (Å²) < 4.78 is 0. The molecular weight excluding hydrogens is 206 g/mol. The first-order chi connectivity index (χ1) is 8.24. The molecule has 1 nitrogen and oxygen atoms in total. The highest BCUT2D eigenvalue weighted by Crippen LogP contribution is 2.37. The average molecular weight is 225 g/mol. The van der Waals surface area contributed by atoms with Gasteiger partial charge in [0.2, 0.25) is 0 Å². The molecule has 0 aromatic heterocycles. The fraction of sp³-hybridized carbons (Fsp3) is 0.438. The first kappa shape index (κ1) is 11.9. The maximum atomic E-state index is 9.36. The van der Waals surface area contributed by atoms with Crippen molar-refractivity contribution in [2.75, 3.05) is 0 Å². The molecule has 1 saturated carbocycles. The predicted octanol–water partition coefficient (Wildman–Crippen LogP) is 4.48. The molecule has 0 spiro atoms. The van der Waals surface area contributed by atoms with Crippen LogP contribution in [0.25, 0.3) is 6.08 Å². The van der Waals surface area contributed by atoms with Gasteiger partial charge in [-0.3, -0.25) is 0 Å². The van der Waals surface area contributed by atoms with Gasteiger partial charge in [-0.15, -0.1) is 0 Å². The van der Waals surface area contributed by atoms with Crippen molar-refractivity contribution >= 4 is 6.08 Å². The van der Waals surface area contributed by atoms with Crippen LogP contribution < -0.4 is 0 Å². The summed E-state index contributed by atoms with van der Waals surface area (Å²) in [6, 6.07) is 11.0. The summed E-state index contributed by atoms with van der Waals surface area (Å²) in [7, 11) is 0. The smallest absolute Gasteiger partial charge is 0.0756 e. The third-order valence-electron chi connectivity index (χ3n) is 3.64. The van der Waals surface area contributed by atoms with Crippen LogP contribution in [0.3, 0.4) is 0 Å². The van der Waals surface area contributed by atoms with Gasteiger partial charge < -0.3 is 0 Å². The monoisotopic (exact) mass is 225 g/mol. The SMILES string of the molecule is Cc1ccc(C=CC2(C#N)CCCCC2)cc1. The molecule has 1 aliphatic rings. The Hall–Kier alpha value is -1.55. The Morgan fingerprint density at radius 2 is 1.76 bits per heavy atom. The van der Waals surface area contributed by atoms with E-state index in [4.69, 9.17) is 0 Å². The zero-order chi connectivity index (χ0) is 12.1. The number of nitrogens with zero attached hydrogens (tertiary/aromatic N) is 1. The molecule has 88 valence electrons. The number of allylic oxidation sites excluding steroid dienone is 1. The Balaban J connectivity index is 2.13. The molecule has 1 aliphatic carbocycles. The van der Waals surface area contributed by atoms with Crippen molar-refractivity contribution < 1.29 is 0 Å². The van der Waals surface area contributed by atoms with Crippen molar-refractivity contribution in [1.82, 2.24) is 0 Å². The summed E-state index contributed by atoms with van der Waals surface area (Å²) in [4.78, 5) is 0. The van der Waals surface area contributed by atoms with Crippen LogP contribution in [0.5, 0.6) is 0 Å². The molecule has 0 atom stereocenters. The van der Waals surface area contributed by atoms with E-state index in [-0.39, 0.29) is 5.41 Å². The fourth-order valence-corrected chi connectivity index (χ4v) is 2.43. The van der Waals surface area contributed by atoms with Crippen molar-refractivity contribution in [3.63, 3.8) is 0 Å². The van der Waals surface area contributed by atoms with Crippen LogP contribution in [-0.2, 0) is 0 Å². The quantitative estimate of drug-likeness (QED) is 0.728. The number of hydrogen-bond donors (Lipinski definition) is 0. The van der Waals surface area contributed by atoms with Gasteiger partial charge in [0.15, 0.2) is 0 Å². The first-order valence-corrected chi connectivity index (χ1v) is 6.41. The highest BCUT2D eigenvalue weighted by molar-refractivity contribution is 5.51. The molecule has 1 heteroatoms. The van der Waals surface area contributed by atoms with Gasteiger partial charge in [-0.05, 0) is 25.3 Å². The molecule has 1 fully saturated rings. The molecule has 0 radical (unpaired) electrons. The highest BCUT2D eigenvalue weighted by atomic mass is 14.4. The van der Waals surface area contributed by atoms with E-state index in [0.29, 0.717) is 0 Å². The van der Waals surface area contributed by atoms with Crippen LogP contribution in [0, 0.1) is 23.7 Å². The Morgan fingerprint density at radius 1 is 1.12 bits per heavy atom. The van der Waals surface area contributed by atoms with E-state index in [2.05, 4.69) is 49.4 Å². The second-order valence-corrected chi connectivity index (χ2v) is 5.07. The summed E-state index contributed by atoms with van der Waals surface area (Å²) in [5, 5.41) is 9.36. The van der Waals surface area contributed by atoms with Crippen molar-refractivity contribution in [1.29, 1.82) is 5.26 Å². The lowest BCUT2D eigenvalue weighted by atomic mass is 9.75. The lowest BCUT2D eigenvalue weighted by Crippen LogP contribution is -2.18. The van der Waals surface area contributed by atoms with Gasteiger partial charge in [-0.1, -0.05) is 61.2 Å². The molecule has 2 rings (SSSR count). The number of nitriles is 1. The minimum absolute atomic E-state index is 0.205. The van der Waals surface area contributed by atoms with Crippen LogP contribution in [0.1, 0.15) is 43.2 Å². The lowest BCUT2D eigenvalue weighted by molar-refractivity contribution is 0.337. The second-order valence-electron chi connectivity index (χ2n) is 5.07. The van der Waals surface area contributed by atoms with E-state index >= 15 is 0 Å². The lowest BCUT2D eigenvalue weighted by Gasteiger charge is -2.27. The van der Waals surface area contributed by atoms with Crippen molar-refractivity contribution in [3.05, 3.63) is 41.5 Å². The zero-order valence-corrected chi connectivity index (χ0v) is 10.4. The van der Waals surface area contributed by atoms with Crippen LogP contribution >= 0.6 is 0 Å². The number of hydrogen-bond acceptors (Lipinski definition) is 1. The maximum Gasteiger partial charge on any atom is 0.0756 e. The van der Waals surface area contributed by atoms with Gasteiger partial charge in [0.25, 0.3) is 0 Å². The summed E-state index contributed by atoms with van der Waals surface area (Å²) in [5.41, 5.74) is 2.26. The predicted molar refractivity (Wildman–Crippen MR) is 71.3 cm³/mol. The van der Waals surface area contributed by atoms with Crippen LogP contribution in [0.4, 0.5) is 0 Å². The van der Waals surface area contributed by atoms with Crippen molar-refractivity contribution in [2.45, 2.75) is 39.0 Å². The van der Waals surface area contributed by atoms with E-state index in [1.165, 1.54) is 30.4 Å². The molecule has 0 unspecified atom stereocenters. The minimum atomic E-state index is -0.205. The standard InChI is InChI=1S/C16H19N/c1-14-5-7-15(8-6-14)9-12-16(13-17)10-3-2-4-11-16/h5-9,12H,2-4,10-11H2,1H3. The van der Waals surface area contributed by atoms with E-state index < -0.39 is 0 Å². The molecule has 0 heterocycles. The molecule has 0 aliphatic heterocycles. The molecule has 0 bridgehead atoms. The van der Waals surface area contributed by atoms with E-state index in [1.807, 2.05) is 0 Å². The van der Waals surface area contributed by atoms with Gasteiger partial charge >= 0.3 is 0 Å². The Bertz CT molecular complexity index is 428. The van der Waals surface area contributed by atoms with Gasteiger partial charge in [0, 0.05) is 0 Å². The normalized spacial score (nSPS) is 19.1. The van der Waals surface area contributed by atoms with Gasteiger partial charge in [-0.2, -0.15) is 5.26 Å².